The Balaban J connectivity index is 1.62. The van der Waals surface area contributed by atoms with Gasteiger partial charge in [-0.25, -0.2) is 0 Å². The third-order valence-electron chi connectivity index (χ3n) is 4.35. The number of carbonyl (C=O) groups is 2. The van der Waals surface area contributed by atoms with Crippen molar-refractivity contribution in [3.05, 3.63) is 58.1 Å². The predicted molar refractivity (Wildman–Crippen MR) is 106 cm³/mol. The maximum Gasteiger partial charge on any atom is 0.256 e. The van der Waals surface area contributed by atoms with Gasteiger partial charge in [0.1, 0.15) is 5.75 Å². The van der Waals surface area contributed by atoms with Crippen LogP contribution in [0, 0.1) is 0 Å². The summed E-state index contributed by atoms with van der Waals surface area (Å²) in [7, 11) is 1.56. The third-order valence-corrected chi connectivity index (χ3v) is 5.04. The van der Waals surface area contributed by atoms with Gasteiger partial charge in [0.25, 0.3) is 5.91 Å². The van der Waals surface area contributed by atoms with Crippen LogP contribution in [0.2, 0.25) is 0 Å². The van der Waals surface area contributed by atoms with Crippen LogP contribution in [-0.2, 0) is 16.0 Å². The Morgan fingerprint density at radius 1 is 1.15 bits per heavy atom. The molecule has 142 valence electrons. The number of anilines is 1. The number of hydrogen-bond donors (Lipinski definition) is 1. The zero-order chi connectivity index (χ0) is 19.2. The molecular weight excluding hydrogens is 412 g/mol. The van der Waals surface area contributed by atoms with Crippen LogP contribution in [0.5, 0.6) is 5.75 Å². The van der Waals surface area contributed by atoms with Gasteiger partial charge in [-0.3, -0.25) is 9.59 Å². The SMILES string of the molecule is COc1ccc(Br)c(C(=O)Nc2ccc(CC(=O)N3CCOCC3)cc2)c1. The number of halogens is 1. The number of ether oxygens (including phenoxy) is 2. The summed E-state index contributed by atoms with van der Waals surface area (Å²) in [6.07, 6.45) is 0.343. The van der Waals surface area contributed by atoms with Crippen LogP contribution < -0.4 is 10.1 Å². The minimum atomic E-state index is -0.238. The van der Waals surface area contributed by atoms with E-state index in [-0.39, 0.29) is 11.8 Å². The molecule has 1 aliphatic rings. The molecule has 6 nitrogen and oxygen atoms in total. The Hall–Kier alpha value is -2.38. The van der Waals surface area contributed by atoms with E-state index in [0.29, 0.717) is 54.2 Å². The monoisotopic (exact) mass is 432 g/mol. The van der Waals surface area contributed by atoms with Gasteiger partial charge in [-0.15, -0.1) is 0 Å². The Morgan fingerprint density at radius 2 is 1.85 bits per heavy atom. The molecule has 1 fully saturated rings. The van der Waals surface area contributed by atoms with Crippen LogP contribution in [0.25, 0.3) is 0 Å². The molecule has 1 aliphatic heterocycles. The number of amides is 2. The molecule has 0 spiro atoms. The van der Waals surface area contributed by atoms with Gasteiger partial charge in [0.05, 0.1) is 32.3 Å². The molecule has 2 amide bonds. The van der Waals surface area contributed by atoms with Gasteiger partial charge < -0.3 is 19.7 Å². The minimum Gasteiger partial charge on any atom is -0.497 e. The van der Waals surface area contributed by atoms with Gasteiger partial charge in [0.15, 0.2) is 0 Å². The molecule has 2 aromatic rings. The molecule has 27 heavy (non-hydrogen) atoms. The molecule has 1 saturated heterocycles. The molecule has 0 atom stereocenters. The zero-order valence-electron chi connectivity index (χ0n) is 15.0. The Morgan fingerprint density at radius 3 is 2.52 bits per heavy atom. The van der Waals surface area contributed by atoms with E-state index in [9.17, 15) is 9.59 Å². The molecule has 1 heterocycles. The number of nitrogens with zero attached hydrogens (tertiary/aromatic N) is 1. The van der Waals surface area contributed by atoms with Crippen LogP contribution in [0.15, 0.2) is 46.9 Å². The molecule has 0 bridgehead atoms. The second-order valence-electron chi connectivity index (χ2n) is 6.17. The van der Waals surface area contributed by atoms with Crippen LogP contribution in [-0.4, -0.2) is 50.1 Å². The highest BCUT2D eigenvalue weighted by atomic mass is 79.9. The van der Waals surface area contributed by atoms with Crippen molar-refractivity contribution in [2.45, 2.75) is 6.42 Å². The predicted octanol–water partition coefficient (Wildman–Crippen LogP) is 3.11. The first-order valence-electron chi connectivity index (χ1n) is 8.66. The topological polar surface area (TPSA) is 67.9 Å². The van der Waals surface area contributed by atoms with E-state index in [2.05, 4.69) is 21.2 Å². The maximum absolute atomic E-state index is 12.5. The van der Waals surface area contributed by atoms with E-state index >= 15 is 0 Å². The van der Waals surface area contributed by atoms with E-state index in [1.54, 1.807) is 37.4 Å². The van der Waals surface area contributed by atoms with Gasteiger partial charge in [0.2, 0.25) is 5.91 Å². The average Bonchev–Trinajstić information content (AvgIpc) is 2.70. The molecule has 0 unspecified atom stereocenters. The Kier molecular flexibility index (Phi) is 6.47. The largest absolute Gasteiger partial charge is 0.497 e. The fraction of sp³-hybridized carbons (Fsp3) is 0.300. The van der Waals surface area contributed by atoms with E-state index in [1.165, 1.54) is 0 Å². The molecular formula is C20H21BrN2O4. The van der Waals surface area contributed by atoms with Crippen LogP contribution in [0.1, 0.15) is 15.9 Å². The van der Waals surface area contributed by atoms with E-state index in [0.717, 1.165) is 5.56 Å². The fourth-order valence-corrected chi connectivity index (χ4v) is 3.24. The number of benzene rings is 2. The first-order valence-corrected chi connectivity index (χ1v) is 9.45. The van der Waals surface area contributed by atoms with Crippen LogP contribution in [0.4, 0.5) is 5.69 Å². The first kappa shape index (κ1) is 19.4. The second kappa shape index (κ2) is 9.01. The standard InChI is InChI=1S/C20H21BrN2O4/c1-26-16-6-7-18(21)17(13-16)20(25)22-15-4-2-14(3-5-15)12-19(24)23-8-10-27-11-9-23/h2-7,13H,8-12H2,1H3,(H,22,25). The zero-order valence-corrected chi connectivity index (χ0v) is 16.6. The highest BCUT2D eigenvalue weighted by Gasteiger charge is 2.17. The molecule has 0 saturated carbocycles. The van der Waals surface area contributed by atoms with Crippen molar-refractivity contribution in [1.82, 2.24) is 4.90 Å². The summed E-state index contributed by atoms with van der Waals surface area (Å²) in [5.41, 5.74) is 2.06. The molecule has 0 aromatic heterocycles. The molecule has 0 radical (unpaired) electrons. The number of hydrogen-bond acceptors (Lipinski definition) is 4. The van der Waals surface area contributed by atoms with Gasteiger partial charge in [-0.2, -0.15) is 0 Å². The van der Waals surface area contributed by atoms with Crippen LogP contribution in [0.3, 0.4) is 0 Å². The lowest BCUT2D eigenvalue weighted by molar-refractivity contribution is -0.134. The van der Waals surface area contributed by atoms with Gasteiger partial charge >= 0.3 is 0 Å². The lowest BCUT2D eigenvalue weighted by Gasteiger charge is -2.26. The van der Waals surface area contributed by atoms with Gasteiger partial charge in [-0.1, -0.05) is 12.1 Å². The normalized spacial score (nSPS) is 13.9. The molecule has 2 aromatic carbocycles. The van der Waals surface area contributed by atoms with Crippen molar-refractivity contribution in [2.75, 3.05) is 38.7 Å². The summed E-state index contributed by atoms with van der Waals surface area (Å²) in [4.78, 5) is 26.6. The summed E-state index contributed by atoms with van der Waals surface area (Å²) in [5.74, 6) is 0.466. The van der Waals surface area contributed by atoms with Crippen molar-refractivity contribution in [2.24, 2.45) is 0 Å². The van der Waals surface area contributed by atoms with Crippen molar-refractivity contribution in [1.29, 1.82) is 0 Å². The Bertz CT molecular complexity index is 817. The van der Waals surface area contributed by atoms with Crippen molar-refractivity contribution in [3.63, 3.8) is 0 Å². The van der Waals surface area contributed by atoms with E-state index in [4.69, 9.17) is 9.47 Å². The summed E-state index contributed by atoms with van der Waals surface area (Å²) >= 11 is 3.38. The fourth-order valence-electron chi connectivity index (χ4n) is 2.81. The van der Waals surface area contributed by atoms with E-state index < -0.39 is 0 Å². The number of nitrogens with one attached hydrogen (secondary N) is 1. The van der Waals surface area contributed by atoms with E-state index in [1.807, 2.05) is 17.0 Å². The number of carbonyl (C=O) groups excluding carboxylic acids is 2. The van der Waals surface area contributed by atoms with Gasteiger partial charge in [-0.05, 0) is 51.8 Å². The van der Waals surface area contributed by atoms with Crippen LogP contribution >= 0.6 is 15.9 Å². The summed E-state index contributed by atoms with van der Waals surface area (Å²) in [5, 5.41) is 2.86. The lowest BCUT2D eigenvalue weighted by atomic mass is 10.1. The van der Waals surface area contributed by atoms with Crippen molar-refractivity contribution < 1.29 is 19.1 Å². The summed E-state index contributed by atoms with van der Waals surface area (Å²) in [6, 6.07) is 12.5. The number of morpholine rings is 1. The number of rotatable bonds is 5. The second-order valence-corrected chi connectivity index (χ2v) is 7.02. The highest BCUT2D eigenvalue weighted by molar-refractivity contribution is 9.10. The maximum atomic E-state index is 12.5. The van der Waals surface area contributed by atoms with Crippen molar-refractivity contribution in [3.8, 4) is 5.75 Å². The highest BCUT2D eigenvalue weighted by Crippen LogP contribution is 2.23. The van der Waals surface area contributed by atoms with Gasteiger partial charge in [0, 0.05) is 23.2 Å². The quantitative estimate of drug-likeness (QED) is 0.787. The molecule has 7 heteroatoms. The molecule has 1 N–H and O–H groups in total. The van der Waals surface area contributed by atoms with Crippen molar-refractivity contribution >= 4 is 33.4 Å². The minimum absolute atomic E-state index is 0.0930. The smallest absolute Gasteiger partial charge is 0.256 e. The molecule has 0 aliphatic carbocycles. The average molecular weight is 433 g/mol. The lowest BCUT2D eigenvalue weighted by Crippen LogP contribution is -2.41. The Labute approximate surface area is 166 Å². The summed E-state index contributed by atoms with van der Waals surface area (Å²) in [6.45, 7) is 2.47. The first-order chi connectivity index (χ1) is 13.1. The molecule has 3 rings (SSSR count). The number of methoxy groups -OCH3 is 1. The summed E-state index contributed by atoms with van der Waals surface area (Å²) < 4.78 is 11.1. The third kappa shape index (κ3) is 5.08.